The number of rotatable bonds is 6. The predicted octanol–water partition coefficient (Wildman–Crippen LogP) is 2.21. The summed E-state index contributed by atoms with van der Waals surface area (Å²) in [6, 6.07) is 8.15. The Hall–Kier alpha value is -1.26. The number of likely N-dealkylation sites (N-methyl/N-ethyl adjacent to an activating group) is 1. The summed E-state index contributed by atoms with van der Waals surface area (Å²) in [4.78, 5) is 4.87. The third-order valence-corrected chi connectivity index (χ3v) is 3.85. The zero-order valence-electron chi connectivity index (χ0n) is 12.7. The molecule has 0 amide bonds. The van der Waals surface area contributed by atoms with Crippen LogP contribution in [0.5, 0.6) is 0 Å². The first-order valence-corrected chi connectivity index (χ1v) is 7.67. The van der Waals surface area contributed by atoms with Gasteiger partial charge in [0.2, 0.25) is 0 Å². The highest BCUT2D eigenvalue weighted by Crippen LogP contribution is 2.18. The molecule has 1 unspecified atom stereocenters. The SMILES string of the molecule is CCCN(CC1CN(CC)CCO1)c1ccc(N)cc1. The van der Waals surface area contributed by atoms with Crippen molar-refractivity contribution < 1.29 is 4.74 Å². The molecule has 0 aromatic heterocycles. The van der Waals surface area contributed by atoms with Crippen molar-refractivity contribution in [2.75, 3.05) is 50.0 Å². The lowest BCUT2D eigenvalue weighted by Crippen LogP contribution is -2.47. The lowest BCUT2D eigenvalue weighted by molar-refractivity contribution is -0.0220. The summed E-state index contributed by atoms with van der Waals surface area (Å²) in [5, 5.41) is 0. The zero-order chi connectivity index (χ0) is 14.4. The maximum absolute atomic E-state index is 5.92. The van der Waals surface area contributed by atoms with E-state index >= 15 is 0 Å². The molecule has 2 rings (SSSR count). The van der Waals surface area contributed by atoms with Gasteiger partial charge in [-0.3, -0.25) is 4.90 Å². The molecule has 0 radical (unpaired) electrons. The predicted molar refractivity (Wildman–Crippen MR) is 85.2 cm³/mol. The third-order valence-electron chi connectivity index (χ3n) is 3.85. The van der Waals surface area contributed by atoms with Crippen LogP contribution in [0.1, 0.15) is 20.3 Å². The van der Waals surface area contributed by atoms with Crippen LogP contribution in [-0.2, 0) is 4.74 Å². The fourth-order valence-electron chi connectivity index (χ4n) is 2.70. The summed E-state index contributed by atoms with van der Waals surface area (Å²) >= 11 is 0. The number of nitrogen functional groups attached to an aromatic ring is 1. The normalized spacial score (nSPS) is 20.0. The van der Waals surface area contributed by atoms with E-state index in [9.17, 15) is 0 Å². The Kier molecular flexibility index (Phi) is 5.68. The van der Waals surface area contributed by atoms with Crippen LogP contribution in [0.3, 0.4) is 0 Å². The average molecular weight is 277 g/mol. The molecule has 4 nitrogen and oxygen atoms in total. The summed E-state index contributed by atoms with van der Waals surface area (Å²) in [6.07, 6.45) is 1.43. The monoisotopic (exact) mass is 277 g/mol. The summed E-state index contributed by atoms with van der Waals surface area (Å²) in [7, 11) is 0. The summed E-state index contributed by atoms with van der Waals surface area (Å²) in [5.41, 5.74) is 7.82. The Morgan fingerprint density at radius 2 is 2.05 bits per heavy atom. The van der Waals surface area contributed by atoms with E-state index in [1.54, 1.807) is 0 Å². The van der Waals surface area contributed by atoms with Gasteiger partial charge in [-0.1, -0.05) is 13.8 Å². The first-order chi connectivity index (χ1) is 9.72. The van der Waals surface area contributed by atoms with Crippen molar-refractivity contribution in [3.05, 3.63) is 24.3 Å². The Labute approximate surface area is 122 Å². The second-order valence-corrected chi connectivity index (χ2v) is 5.42. The van der Waals surface area contributed by atoms with Crippen LogP contribution in [0, 0.1) is 0 Å². The molecule has 0 spiro atoms. The van der Waals surface area contributed by atoms with Crippen LogP contribution < -0.4 is 10.6 Å². The number of nitrogens with zero attached hydrogens (tertiary/aromatic N) is 2. The van der Waals surface area contributed by atoms with E-state index in [-0.39, 0.29) is 0 Å². The van der Waals surface area contributed by atoms with Crippen LogP contribution in [0.2, 0.25) is 0 Å². The summed E-state index contributed by atoms with van der Waals surface area (Å²) < 4.78 is 5.92. The molecule has 112 valence electrons. The van der Waals surface area contributed by atoms with Crippen molar-refractivity contribution >= 4 is 11.4 Å². The first-order valence-electron chi connectivity index (χ1n) is 7.67. The van der Waals surface area contributed by atoms with Gasteiger partial charge in [0.05, 0.1) is 12.7 Å². The Morgan fingerprint density at radius 1 is 1.30 bits per heavy atom. The fourth-order valence-corrected chi connectivity index (χ4v) is 2.70. The number of anilines is 2. The maximum Gasteiger partial charge on any atom is 0.0877 e. The first kappa shape index (κ1) is 15.1. The molecule has 1 fully saturated rings. The van der Waals surface area contributed by atoms with Crippen molar-refractivity contribution in [3.63, 3.8) is 0 Å². The van der Waals surface area contributed by atoms with E-state index in [1.807, 2.05) is 12.1 Å². The quantitative estimate of drug-likeness (QED) is 0.810. The average Bonchev–Trinajstić information content (AvgIpc) is 2.48. The fraction of sp³-hybridized carbons (Fsp3) is 0.625. The van der Waals surface area contributed by atoms with Gasteiger partial charge in [-0.25, -0.2) is 0 Å². The molecule has 1 aliphatic heterocycles. The largest absolute Gasteiger partial charge is 0.399 e. The van der Waals surface area contributed by atoms with Gasteiger partial charge >= 0.3 is 0 Å². The van der Waals surface area contributed by atoms with Crippen LogP contribution in [0.25, 0.3) is 0 Å². The van der Waals surface area contributed by atoms with Gasteiger partial charge in [0, 0.05) is 37.6 Å². The van der Waals surface area contributed by atoms with E-state index < -0.39 is 0 Å². The summed E-state index contributed by atoms with van der Waals surface area (Å²) in [6.45, 7) is 10.5. The molecule has 2 N–H and O–H groups in total. The molecule has 1 saturated heterocycles. The van der Waals surface area contributed by atoms with Gasteiger partial charge in [0.15, 0.2) is 0 Å². The third kappa shape index (κ3) is 4.12. The van der Waals surface area contributed by atoms with E-state index in [0.717, 1.165) is 51.4 Å². The zero-order valence-corrected chi connectivity index (χ0v) is 12.7. The minimum absolute atomic E-state index is 0.299. The van der Waals surface area contributed by atoms with E-state index in [2.05, 4.69) is 35.8 Å². The number of hydrogen-bond acceptors (Lipinski definition) is 4. The van der Waals surface area contributed by atoms with Crippen molar-refractivity contribution in [1.29, 1.82) is 0 Å². The van der Waals surface area contributed by atoms with E-state index in [1.165, 1.54) is 5.69 Å². The minimum Gasteiger partial charge on any atom is -0.399 e. The van der Waals surface area contributed by atoms with Gasteiger partial charge in [0.1, 0.15) is 0 Å². The second kappa shape index (κ2) is 7.50. The number of hydrogen-bond donors (Lipinski definition) is 1. The number of benzene rings is 1. The highest BCUT2D eigenvalue weighted by atomic mass is 16.5. The van der Waals surface area contributed by atoms with Gasteiger partial charge in [-0.05, 0) is 37.2 Å². The molecule has 0 aliphatic carbocycles. The maximum atomic E-state index is 5.92. The van der Waals surface area contributed by atoms with Gasteiger partial charge in [-0.2, -0.15) is 0 Å². The van der Waals surface area contributed by atoms with Crippen molar-refractivity contribution in [3.8, 4) is 0 Å². The lowest BCUT2D eigenvalue weighted by atomic mass is 10.2. The topological polar surface area (TPSA) is 41.7 Å². The molecule has 20 heavy (non-hydrogen) atoms. The van der Waals surface area contributed by atoms with Crippen LogP contribution in [0.4, 0.5) is 11.4 Å². The smallest absolute Gasteiger partial charge is 0.0877 e. The van der Waals surface area contributed by atoms with Gasteiger partial charge in [0.25, 0.3) is 0 Å². The highest BCUT2D eigenvalue weighted by Gasteiger charge is 2.21. The lowest BCUT2D eigenvalue weighted by Gasteiger charge is -2.36. The van der Waals surface area contributed by atoms with Gasteiger partial charge in [-0.15, -0.1) is 0 Å². The molecule has 1 aliphatic rings. The minimum atomic E-state index is 0.299. The number of nitrogens with two attached hydrogens (primary N) is 1. The Balaban J connectivity index is 1.99. The molecule has 1 aromatic carbocycles. The molecular formula is C16H27N3O. The van der Waals surface area contributed by atoms with Gasteiger partial charge < -0.3 is 15.4 Å². The molecule has 1 heterocycles. The number of morpholine rings is 1. The Morgan fingerprint density at radius 3 is 2.70 bits per heavy atom. The molecule has 1 atom stereocenters. The number of ether oxygens (including phenoxy) is 1. The summed E-state index contributed by atoms with van der Waals surface area (Å²) in [5.74, 6) is 0. The molecular weight excluding hydrogens is 250 g/mol. The van der Waals surface area contributed by atoms with Crippen LogP contribution in [0.15, 0.2) is 24.3 Å². The van der Waals surface area contributed by atoms with E-state index in [0.29, 0.717) is 6.10 Å². The molecule has 1 aromatic rings. The van der Waals surface area contributed by atoms with Crippen molar-refractivity contribution in [2.24, 2.45) is 0 Å². The standard InChI is InChI=1S/C16H27N3O/c1-3-9-19(15-7-5-14(17)6-8-15)13-16-12-18(4-2)10-11-20-16/h5-8,16H,3-4,9-13,17H2,1-2H3. The Bertz CT molecular complexity index is 393. The van der Waals surface area contributed by atoms with Crippen molar-refractivity contribution in [1.82, 2.24) is 4.90 Å². The highest BCUT2D eigenvalue weighted by molar-refractivity contribution is 5.53. The molecule has 0 saturated carbocycles. The second-order valence-electron chi connectivity index (χ2n) is 5.42. The molecule has 4 heteroatoms. The van der Waals surface area contributed by atoms with Crippen LogP contribution >= 0.6 is 0 Å². The van der Waals surface area contributed by atoms with Crippen LogP contribution in [-0.4, -0.2) is 50.3 Å². The molecule has 0 bridgehead atoms. The van der Waals surface area contributed by atoms with E-state index in [4.69, 9.17) is 10.5 Å². The van der Waals surface area contributed by atoms with Crippen molar-refractivity contribution in [2.45, 2.75) is 26.4 Å².